The minimum absolute atomic E-state index is 0.0233. The summed E-state index contributed by atoms with van der Waals surface area (Å²) < 4.78 is 0. The number of piperazine rings is 1. The van der Waals surface area contributed by atoms with Gasteiger partial charge in [-0.25, -0.2) is 0 Å². The zero-order valence-corrected chi connectivity index (χ0v) is 19.3. The Kier molecular flexibility index (Phi) is 5.81. The van der Waals surface area contributed by atoms with E-state index in [2.05, 4.69) is 11.8 Å². The van der Waals surface area contributed by atoms with Gasteiger partial charge in [0.2, 0.25) is 5.91 Å². The number of anilines is 1. The average Bonchev–Trinajstić information content (AvgIpc) is 3.18. The van der Waals surface area contributed by atoms with E-state index >= 15 is 0 Å². The molecule has 0 radical (unpaired) electrons. The van der Waals surface area contributed by atoms with Crippen LogP contribution in [0.5, 0.6) is 0 Å². The van der Waals surface area contributed by atoms with E-state index in [9.17, 15) is 9.59 Å². The zero-order valence-electron chi connectivity index (χ0n) is 18.6. The van der Waals surface area contributed by atoms with Gasteiger partial charge in [0.25, 0.3) is 5.91 Å². The van der Waals surface area contributed by atoms with Gasteiger partial charge in [-0.15, -0.1) is 0 Å². The first kappa shape index (κ1) is 21.5. The second-order valence-electron chi connectivity index (χ2n) is 8.65. The van der Waals surface area contributed by atoms with Crippen molar-refractivity contribution in [2.24, 2.45) is 0 Å². The molecule has 1 fully saturated rings. The third-order valence-electron chi connectivity index (χ3n) is 6.61. The largest absolute Gasteiger partial charge is 0.368 e. The fourth-order valence-corrected chi connectivity index (χ4v) is 5.01. The molecular formula is C27H26ClN3O2. The summed E-state index contributed by atoms with van der Waals surface area (Å²) in [5.41, 5.74) is 4.78. The fraction of sp³-hybridized carbons (Fsp3) is 0.259. The average molecular weight is 460 g/mol. The van der Waals surface area contributed by atoms with Gasteiger partial charge >= 0.3 is 0 Å². The van der Waals surface area contributed by atoms with E-state index in [1.54, 1.807) is 4.90 Å². The van der Waals surface area contributed by atoms with Crippen LogP contribution in [0.25, 0.3) is 0 Å². The van der Waals surface area contributed by atoms with E-state index in [0.717, 1.165) is 29.9 Å². The quantitative estimate of drug-likeness (QED) is 0.568. The molecule has 0 aromatic heterocycles. The van der Waals surface area contributed by atoms with Crippen LogP contribution in [0.4, 0.5) is 5.69 Å². The van der Waals surface area contributed by atoms with Crippen molar-refractivity contribution in [2.75, 3.05) is 31.1 Å². The summed E-state index contributed by atoms with van der Waals surface area (Å²) in [5, 5.41) is 0.713. The van der Waals surface area contributed by atoms with Gasteiger partial charge in [-0.2, -0.15) is 0 Å². The van der Waals surface area contributed by atoms with Gasteiger partial charge in [-0.3, -0.25) is 9.59 Å². The van der Waals surface area contributed by atoms with E-state index < -0.39 is 6.04 Å². The van der Waals surface area contributed by atoms with E-state index in [1.165, 1.54) is 5.56 Å². The Labute approximate surface area is 199 Å². The third-order valence-corrected chi connectivity index (χ3v) is 6.85. The topological polar surface area (TPSA) is 43.9 Å². The van der Waals surface area contributed by atoms with Gasteiger partial charge in [-0.1, -0.05) is 66.2 Å². The predicted octanol–water partition coefficient (Wildman–Crippen LogP) is 4.69. The van der Waals surface area contributed by atoms with E-state index in [0.29, 0.717) is 30.2 Å². The number of rotatable bonds is 4. The van der Waals surface area contributed by atoms with Crippen molar-refractivity contribution in [1.29, 1.82) is 0 Å². The summed E-state index contributed by atoms with van der Waals surface area (Å²) in [6.07, 6.45) is 0. The van der Waals surface area contributed by atoms with Gasteiger partial charge < -0.3 is 14.7 Å². The molecule has 6 heteroatoms. The Morgan fingerprint density at radius 1 is 0.909 bits per heavy atom. The highest BCUT2D eigenvalue weighted by atomic mass is 35.5. The molecule has 1 unspecified atom stereocenters. The maximum absolute atomic E-state index is 13.8. The van der Waals surface area contributed by atoms with Crippen LogP contribution in [0.1, 0.15) is 33.1 Å². The highest BCUT2D eigenvalue weighted by Gasteiger charge is 2.39. The van der Waals surface area contributed by atoms with Crippen LogP contribution in [0.3, 0.4) is 0 Å². The van der Waals surface area contributed by atoms with E-state index in [1.807, 2.05) is 77.7 Å². The summed E-state index contributed by atoms with van der Waals surface area (Å²) in [5.74, 6) is -0.106. The molecule has 0 bridgehead atoms. The van der Waals surface area contributed by atoms with Crippen LogP contribution in [-0.4, -0.2) is 47.8 Å². The van der Waals surface area contributed by atoms with Crippen LogP contribution in [-0.2, 0) is 11.3 Å². The smallest absolute Gasteiger partial charge is 0.255 e. The van der Waals surface area contributed by atoms with Crippen molar-refractivity contribution in [3.63, 3.8) is 0 Å². The molecule has 3 aromatic rings. The molecule has 2 amide bonds. The highest BCUT2D eigenvalue weighted by molar-refractivity contribution is 6.30. The molecule has 168 valence electrons. The zero-order chi connectivity index (χ0) is 22.9. The molecule has 0 aliphatic carbocycles. The van der Waals surface area contributed by atoms with Crippen molar-refractivity contribution in [1.82, 2.24) is 9.80 Å². The Bertz CT molecular complexity index is 1190. The Morgan fingerprint density at radius 3 is 2.33 bits per heavy atom. The summed E-state index contributed by atoms with van der Waals surface area (Å²) in [7, 11) is 0. The lowest BCUT2D eigenvalue weighted by Crippen LogP contribution is -2.52. The summed E-state index contributed by atoms with van der Waals surface area (Å²) >= 11 is 6.22. The molecule has 2 aliphatic rings. The molecule has 0 N–H and O–H groups in total. The van der Waals surface area contributed by atoms with Crippen LogP contribution < -0.4 is 4.90 Å². The summed E-state index contributed by atoms with van der Waals surface area (Å²) in [6, 6.07) is 22.5. The predicted molar refractivity (Wildman–Crippen MR) is 130 cm³/mol. The first-order valence-electron chi connectivity index (χ1n) is 11.3. The Balaban J connectivity index is 1.38. The number of halogens is 1. The van der Waals surface area contributed by atoms with Crippen molar-refractivity contribution in [3.8, 4) is 0 Å². The lowest BCUT2D eigenvalue weighted by atomic mass is 10.0. The van der Waals surface area contributed by atoms with Crippen LogP contribution in [0.15, 0.2) is 72.8 Å². The molecule has 2 aliphatic heterocycles. The molecule has 1 atom stereocenters. The number of aryl methyl sites for hydroxylation is 1. The van der Waals surface area contributed by atoms with Gasteiger partial charge in [0.1, 0.15) is 6.04 Å². The van der Waals surface area contributed by atoms with E-state index in [-0.39, 0.29) is 11.8 Å². The number of hydrogen-bond acceptors (Lipinski definition) is 3. The molecule has 1 saturated heterocycles. The van der Waals surface area contributed by atoms with Crippen molar-refractivity contribution < 1.29 is 9.59 Å². The van der Waals surface area contributed by atoms with Crippen LogP contribution in [0.2, 0.25) is 5.02 Å². The number of nitrogens with zero attached hydrogens (tertiary/aromatic N) is 3. The molecule has 2 heterocycles. The minimum Gasteiger partial charge on any atom is -0.368 e. The van der Waals surface area contributed by atoms with Gasteiger partial charge in [0, 0.05) is 49.0 Å². The molecular weight excluding hydrogens is 434 g/mol. The monoisotopic (exact) mass is 459 g/mol. The third kappa shape index (κ3) is 4.09. The van der Waals surface area contributed by atoms with Gasteiger partial charge in [0.15, 0.2) is 0 Å². The summed E-state index contributed by atoms with van der Waals surface area (Å²) in [4.78, 5) is 33.0. The normalized spacial score (nSPS) is 16.7. The lowest BCUT2D eigenvalue weighted by molar-refractivity contribution is -0.136. The van der Waals surface area contributed by atoms with Crippen molar-refractivity contribution in [2.45, 2.75) is 19.5 Å². The second-order valence-corrected chi connectivity index (χ2v) is 9.08. The number of amides is 2. The minimum atomic E-state index is -0.634. The molecule has 5 rings (SSSR count). The Hall–Kier alpha value is -3.31. The standard InChI is InChI=1S/C27H26ClN3O2/c1-19-11-12-22(28)17-24(19)29-13-15-30(16-14-29)27(33)25(20-7-3-2-4-8-20)31-18-21-9-5-6-10-23(21)26(31)32/h2-12,17,25H,13-16,18H2,1H3. The van der Waals surface area contributed by atoms with Gasteiger partial charge in [-0.05, 0) is 41.8 Å². The maximum atomic E-state index is 13.8. The van der Waals surface area contributed by atoms with Crippen LogP contribution >= 0.6 is 11.6 Å². The fourth-order valence-electron chi connectivity index (χ4n) is 4.84. The number of hydrogen-bond donors (Lipinski definition) is 0. The second kappa shape index (κ2) is 8.91. The number of carbonyl (C=O) groups excluding carboxylic acids is 2. The number of fused-ring (bicyclic) bond motifs is 1. The number of carbonyl (C=O) groups is 2. The van der Waals surface area contributed by atoms with Crippen molar-refractivity contribution in [3.05, 3.63) is 100 Å². The molecule has 5 nitrogen and oxygen atoms in total. The SMILES string of the molecule is Cc1ccc(Cl)cc1N1CCN(C(=O)C(c2ccccc2)N2Cc3ccccc3C2=O)CC1. The van der Waals surface area contributed by atoms with Crippen LogP contribution in [0, 0.1) is 6.92 Å². The molecule has 0 saturated carbocycles. The number of benzene rings is 3. The Morgan fingerprint density at radius 2 is 1.61 bits per heavy atom. The van der Waals surface area contributed by atoms with Crippen molar-refractivity contribution >= 4 is 29.1 Å². The lowest BCUT2D eigenvalue weighted by Gasteiger charge is -2.39. The first-order valence-corrected chi connectivity index (χ1v) is 11.6. The van der Waals surface area contributed by atoms with Gasteiger partial charge in [0.05, 0.1) is 0 Å². The first-order chi connectivity index (χ1) is 16.0. The maximum Gasteiger partial charge on any atom is 0.255 e. The molecule has 33 heavy (non-hydrogen) atoms. The molecule has 3 aromatic carbocycles. The molecule has 0 spiro atoms. The van der Waals surface area contributed by atoms with E-state index in [4.69, 9.17) is 11.6 Å². The highest BCUT2D eigenvalue weighted by Crippen LogP contribution is 2.33. The summed E-state index contributed by atoms with van der Waals surface area (Å²) in [6.45, 7) is 5.17.